The number of aromatic hydroxyl groups is 3. The number of benzene rings is 2. The van der Waals surface area contributed by atoms with Gasteiger partial charge >= 0.3 is 0 Å². The number of H-pyrrole nitrogens is 1. The van der Waals surface area contributed by atoms with Crippen LogP contribution in [0.2, 0.25) is 0 Å². The number of phenolic OH excluding ortho intramolecular Hbond substituents is 3. The maximum absolute atomic E-state index is 12.2. The van der Waals surface area contributed by atoms with Gasteiger partial charge in [-0.25, -0.2) is 0 Å². The molecule has 1 amide bonds. The highest BCUT2D eigenvalue weighted by atomic mass is 16.3. The summed E-state index contributed by atoms with van der Waals surface area (Å²) in [5, 5.41) is 31.7. The lowest BCUT2D eigenvalue weighted by molar-refractivity contribution is 0.102. The van der Waals surface area contributed by atoms with E-state index in [9.17, 15) is 20.1 Å². The Morgan fingerprint density at radius 2 is 1.71 bits per heavy atom. The molecule has 0 unspecified atom stereocenters. The Morgan fingerprint density at radius 1 is 0.952 bits per heavy atom. The number of nitrogens with one attached hydrogen (secondary N) is 2. The van der Waals surface area contributed by atoms with Crippen molar-refractivity contribution in [3.8, 4) is 17.2 Å². The van der Waals surface area contributed by atoms with Crippen LogP contribution in [-0.2, 0) is 0 Å². The van der Waals surface area contributed by atoms with E-state index in [4.69, 9.17) is 0 Å². The van der Waals surface area contributed by atoms with Crippen LogP contribution in [0.4, 0.5) is 5.69 Å². The normalized spacial score (nSPS) is 10.7. The van der Waals surface area contributed by atoms with Crippen LogP contribution in [0, 0.1) is 0 Å². The second-order valence-corrected chi connectivity index (χ2v) is 4.56. The molecule has 21 heavy (non-hydrogen) atoms. The number of fused-ring (bicyclic) bond motifs is 1. The van der Waals surface area contributed by atoms with E-state index in [-0.39, 0.29) is 22.8 Å². The summed E-state index contributed by atoms with van der Waals surface area (Å²) in [6, 6.07) is 8.62. The zero-order valence-corrected chi connectivity index (χ0v) is 10.8. The first-order valence-electron chi connectivity index (χ1n) is 6.18. The summed E-state index contributed by atoms with van der Waals surface area (Å²) in [6.45, 7) is 0. The van der Waals surface area contributed by atoms with E-state index in [2.05, 4.69) is 10.3 Å². The van der Waals surface area contributed by atoms with E-state index in [1.54, 1.807) is 18.3 Å². The number of phenols is 3. The third kappa shape index (κ3) is 2.23. The van der Waals surface area contributed by atoms with Gasteiger partial charge in [0, 0.05) is 17.1 Å². The van der Waals surface area contributed by atoms with Crippen molar-refractivity contribution in [1.29, 1.82) is 0 Å². The molecule has 3 rings (SSSR count). The summed E-state index contributed by atoms with van der Waals surface area (Å²) in [5.74, 6) is -0.988. The lowest BCUT2D eigenvalue weighted by Crippen LogP contribution is -2.11. The minimum absolute atomic E-state index is 0.0928. The molecule has 106 valence electrons. The van der Waals surface area contributed by atoms with Crippen molar-refractivity contribution in [2.75, 3.05) is 5.32 Å². The molecule has 5 N–H and O–H groups in total. The molecule has 0 bridgehead atoms. The van der Waals surface area contributed by atoms with Gasteiger partial charge in [0.25, 0.3) is 5.91 Å². The number of carbonyl (C=O) groups excluding carboxylic acids is 1. The average molecular weight is 284 g/mol. The summed E-state index contributed by atoms with van der Waals surface area (Å²) in [5.41, 5.74) is 1.27. The molecule has 0 aliphatic carbocycles. The Hall–Kier alpha value is -3.15. The fraction of sp³-hybridized carbons (Fsp3) is 0. The number of aromatic nitrogens is 1. The van der Waals surface area contributed by atoms with E-state index < -0.39 is 5.91 Å². The number of amides is 1. The topological polar surface area (TPSA) is 106 Å². The molecule has 0 saturated heterocycles. The van der Waals surface area contributed by atoms with Gasteiger partial charge in [0.15, 0.2) is 11.5 Å². The lowest BCUT2D eigenvalue weighted by atomic mass is 10.1. The van der Waals surface area contributed by atoms with Crippen LogP contribution in [0.5, 0.6) is 17.2 Å². The highest BCUT2D eigenvalue weighted by Gasteiger charge is 2.12. The fourth-order valence-corrected chi connectivity index (χ4v) is 2.11. The molecule has 0 saturated carbocycles. The minimum atomic E-state index is -0.432. The smallest absolute Gasteiger partial charge is 0.255 e. The molecule has 3 aromatic rings. The first-order valence-corrected chi connectivity index (χ1v) is 6.18. The molecular formula is C15H12N2O4. The van der Waals surface area contributed by atoms with Gasteiger partial charge < -0.3 is 25.6 Å². The molecule has 1 heterocycles. The van der Waals surface area contributed by atoms with Gasteiger partial charge in [-0.05, 0) is 36.4 Å². The van der Waals surface area contributed by atoms with Gasteiger partial charge in [0.1, 0.15) is 5.75 Å². The molecule has 6 nitrogen and oxygen atoms in total. The first kappa shape index (κ1) is 12.9. The van der Waals surface area contributed by atoms with Crippen LogP contribution < -0.4 is 5.32 Å². The quantitative estimate of drug-likeness (QED) is 0.368. The minimum Gasteiger partial charge on any atom is -0.506 e. The van der Waals surface area contributed by atoms with Gasteiger partial charge in [-0.1, -0.05) is 0 Å². The maximum atomic E-state index is 12.2. The molecule has 0 spiro atoms. The molecular weight excluding hydrogens is 272 g/mol. The van der Waals surface area contributed by atoms with Crippen LogP contribution in [0.25, 0.3) is 10.9 Å². The highest BCUT2D eigenvalue weighted by Crippen LogP contribution is 2.30. The van der Waals surface area contributed by atoms with Gasteiger partial charge in [0.05, 0.1) is 11.2 Å². The highest BCUT2D eigenvalue weighted by molar-refractivity contribution is 6.09. The molecule has 0 fully saturated rings. The number of hydrogen-bond donors (Lipinski definition) is 5. The monoisotopic (exact) mass is 284 g/mol. The SMILES string of the molecule is O=C(Nc1ccc(O)c2[nH]ccc12)c1ccc(O)c(O)c1. The third-order valence-corrected chi connectivity index (χ3v) is 3.19. The summed E-state index contributed by atoms with van der Waals surface area (Å²) in [4.78, 5) is 15.0. The largest absolute Gasteiger partial charge is 0.506 e. The lowest BCUT2D eigenvalue weighted by Gasteiger charge is -2.08. The second kappa shape index (κ2) is 4.75. The molecule has 0 aliphatic rings. The predicted molar refractivity (Wildman–Crippen MR) is 77.7 cm³/mol. The summed E-state index contributed by atoms with van der Waals surface area (Å²) in [6.07, 6.45) is 1.66. The molecule has 2 aromatic carbocycles. The number of aromatic amines is 1. The zero-order valence-electron chi connectivity index (χ0n) is 10.8. The van der Waals surface area contributed by atoms with Crippen molar-refractivity contribution in [3.05, 3.63) is 48.2 Å². The van der Waals surface area contributed by atoms with Crippen molar-refractivity contribution in [2.24, 2.45) is 0 Å². The fourth-order valence-electron chi connectivity index (χ4n) is 2.11. The first-order chi connectivity index (χ1) is 10.1. The Bertz CT molecular complexity index is 839. The van der Waals surface area contributed by atoms with Crippen molar-refractivity contribution >= 4 is 22.5 Å². The number of rotatable bonds is 2. The molecule has 0 radical (unpaired) electrons. The van der Waals surface area contributed by atoms with Crippen LogP contribution in [0.3, 0.4) is 0 Å². The number of hydrogen-bond acceptors (Lipinski definition) is 4. The second-order valence-electron chi connectivity index (χ2n) is 4.56. The number of anilines is 1. The Morgan fingerprint density at radius 3 is 2.48 bits per heavy atom. The predicted octanol–water partition coefficient (Wildman–Crippen LogP) is 2.54. The maximum Gasteiger partial charge on any atom is 0.255 e. The van der Waals surface area contributed by atoms with Crippen LogP contribution in [-0.4, -0.2) is 26.2 Å². The Labute approximate surface area is 119 Å². The van der Waals surface area contributed by atoms with Gasteiger partial charge in [-0.3, -0.25) is 4.79 Å². The summed E-state index contributed by atoms with van der Waals surface area (Å²) >= 11 is 0. The van der Waals surface area contributed by atoms with E-state index in [1.807, 2.05) is 0 Å². The van der Waals surface area contributed by atoms with Crippen molar-refractivity contribution in [3.63, 3.8) is 0 Å². The molecule has 0 aliphatic heterocycles. The summed E-state index contributed by atoms with van der Waals surface area (Å²) in [7, 11) is 0. The Balaban J connectivity index is 1.94. The van der Waals surface area contributed by atoms with E-state index in [1.165, 1.54) is 24.3 Å². The van der Waals surface area contributed by atoms with Crippen molar-refractivity contribution in [1.82, 2.24) is 4.98 Å². The molecule has 0 atom stereocenters. The Kier molecular flexibility index (Phi) is 2.91. The van der Waals surface area contributed by atoms with Crippen molar-refractivity contribution < 1.29 is 20.1 Å². The average Bonchev–Trinajstić information content (AvgIpc) is 2.95. The molecule has 6 heteroatoms. The standard InChI is InChI=1S/C15H12N2O4/c18-11-3-1-8(7-13(11)20)15(21)17-10-2-4-12(19)14-9(10)5-6-16-14/h1-7,16,18-20H,(H,17,21). The molecule has 1 aromatic heterocycles. The van der Waals surface area contributed by atoms with Crippen LogP contribution in [0.15, 0.2) is 42.6 Å². The van der Waals surface area contributed by atoms with Crippen LogP contribution in [0.1, 0.15) is 10.4 Å². The van der Waals surface area contributed by atoms with Gasteiger partial charge in [-0.15, -0.1) is 0 Å². The van der Waals surface area contributed by atoms with Crippen LogP contribution >= 0.6 is 0 Å². The van der Waals surface area contributed by atoms with Gasteiger partial charge in [-0.2, -0.15) is 0 Å². The van der Waals surface area contributed by atoms with E-state index in [0.29, 0.717) is 16.6 Å². The van der Waals surface area contributed by atoms with Gasteiger partial charge in [0.2, 0.25) is 0 Å². The van der Waals surface area contributed by atoms with E-state index >= 15 is 0 Å². The zero-order chi connectivity index (χ0) is 15.0. The summed E-state index contributed by atoms with van der Waals surface area (Å²) < 4.78 is 0. The van der Waals surface area contributed by atoms with E-state index in [0.717, 1.165) is 0 Å². The number of carbonyl (C=O) groups is 1. The third-order valence-electron chi connectivity index (χ3n) is 3.19. The van der Waals surface area contributed by atoms with Crippen molar-refractivity contribution in [2.45, 2.75) is 0 Å².